The lowest BCUT2D eigenvalue weighted by atomic mass is 9.82. The number of aromatic nitrogens is 2. The average molecular weight is 511 g/mol. The van der Waals surface area contributed by atoms with Crippen LogP contribution in [0.3, 0.4) is 0 Å². The SMILES string of the molecule is C=Cc1cc(C(=O)Nc2cc(C(O)(CCC3CC3)c3ccccc3)ccc2F)n(-c2cccc(CN)c2)n1. The predicted octanol–water partition coefficient (Wildman–Crippen LogP) is 5.79. The molecule has 194 valence electrons. The molecule has 1 heterocycles. The molecular weight excluding hydrogens is 479 g/mol. The van der Waals surface area contributed by atoms with Crippen LogP contribution in [-0.4, -0.2) is 20.8 Å². The van der Waals surface area contributed by atoms with Gasteiger partial charge >= 0.3 is 0 Å². The molecule has 1 aliphatic rings. The van der Waals surface area contributed by atoms with Gasteiger partial charge in [0, 0.05) is 6.54 Å². The largest absolute Gasteiger partial charge is 0.380 e. The smallest absolute Gasteiger partial charge is 0.274 e. The molecule has 7 heteroatoms. The van der Waals surface area contributed by atoms with Gasteiger partial charge in [-0.15, -0.1) is 0 Å². The summed E-state index contributed by atoms with van der Waals surface area (Å²) in [6, 6.07) is 22.8. The molecule has 0 saturated heterocycles. The molecule has 1 saturated carbocycles. The Bertz CT molecular complexity index is 1460. The number of aliphatic hydroxyl groups is 1. The number of nitrogens with two attached hydrogens (primary N) is 1. The lowest BCUT2D eigenvalue weighted by Crippen LogP contribution is -2.28. The summed E-state index contributed by atoms with van der Waals surface area (Å²) in [6.45, 7) is 4.10. The van der Waals surface area contributed by atoms with Crippen LogP contribution in [0.4, 0.5) is 10.1 Å². The lowest BCUT2D eigenvalue weighted by Gasteiger charge is -2.30. The fraction of sp³-hybridized carbons (Fsp3) is 0.226. The normalized spacial score (nSPS) is 14.6. The van der Waals surface area contributed by atoms with Crippen molar-refractivity contribution in [2.75, 3.05) is 5.32 Å². The van der Waals surface area contributed by atoms with Crippen LogP contribution in [0, 0.1) is 11.7 Å². The molecule has 0 aliphatic heterocycles. The van der Waals surface area contributed by atoms with Gasteiger partial charge in [0.25, 0.3) is 5.91 Å². The standard InChI is InChI=1S/C31H31FN4O2/c1-2-25-19-29(36(35-25)26-10-6-7-22(17-26)20-33)30(37)34-28-18-24(13-14-27(28)32)31(38,16-15-21-11-12-21)23-8-4-3-5-9-23/h2-10,13-14,17-19,21,38H,1,11-12,15-16,20,33H2,(H,34,37). The van der Waals surface area contributed by atoms with Gasteiger partial charge in [0.05, 0.1) is 17.1 Å². The van der Waals surface area contributed by atoms with Crippen LogP contribution in [0.15, 0.2) is 85.4 Å². The highest BCUT2D eigenvalue weighted by atomic mass is 19.1. The van der Waals surface area contributed by atoms with E-state index in [1.165, 1.54) is 29.7 Å². The number of rotatable bonds is 10. The zero-order valence-electron chi connectivity index (χ0n) is 21.1. The molecule has 1 unspecified atom stereocenters. The van der Waals surface area contributed by atoms with Gasteiger partial charge in [-0.1, -0.05) is 68.0 Å². The highest BCUT2D eigenvalue weighted by molar-refractivity contribution is 6.04. The van der Waals surface area contributed by atoms with E-state index in [1.807, 2.05) is 54.6 Å². The monoisotopic (exact) mass is 510 g/mol. The lowest BCUT2D eigenvalue weighted by molar-refractivity contribution is 0.0669. The molecule has 0 radical (unpaired) electrons. The molecular formula is C31H31FN4O2. The second-order valence-corrected chi connectivity index (χ2v) is 9.80. The van der Waals surface area contributed by atoms with Gasteiger partial charge in [0.1, 0.15) is 17.1 Å². The number of halogens is 1. The van der Waals surface area contributed by atoms with Crippen LogP contribution in [0.1, 0.15) is 58.6 Å². The molecule has 1 atom stereocenters. The molecule has 5 rings (SSSR count). The van der Waals surface area contributed by atoms with E-state index in [0.29, 0.717) is 35.8 Å². The summed E-state index contributed by atoms with van der Waals surface area (Å²) in [5.41, 5.74) is 7.98. The molecule has 1 aliphatic carbocycles. The third-order valence-electron chi connectivity index (χ3n) is 7.12. The minimum Gasteiger partial charge on any atom is -0.380 e. The number of carbonyl (C=O) groups is 1. The first kappa shape index (κ1) is 25.6. The summed E-state index contributed by atoms with van der Waals surface area (Å²) < 4.78 is 16.5. The summed E-state index contributed by atoms with van der Waals surface area (Å²) in [4.78, 5) is 13.4. The van der Waals surface area contributed by atoms with Crippen molar-refractivity contribution in [3.8, 4) is 5.69 Å². The number of carbonyl (C=O) groups excluding carboxylic acids is 1. The van der Waals surface area contributed by atoms with Gasteiger partial charge in [0.15, 0.2) is 0 Å². The van der Waals surface area contributed by atoms with Crippen molar-refractivity contribution in [2.24, 2.45) is 11.7 Å². The summed E-state index contributed by atoms with van der Waals surface area (Å²) in [5.74, 6) is -0.525. The van der Waals surface area contributed by atoms with Crippen molar-refractivity contribution in [1.82, 2.24) is 9.78 Å². The number of benzene rings is 3. The highest BCUT2D eigenvalue weighted by Crippen LogP contribution is 2.41. The predicted molar refractivity (Wildman–Crippen MR) is 147 cm³/mol. The maximum Gasteiger partial charge on any atom is 0.274 e. The summed E-state index contributed by atoms with van der Waals surface area (Å²) in [6.07, 6.45) is 5.26. The van der Waals surface area contributed by atoms with Crippen LogP contribution < -0.4 is 11.1 Å². The Hall–Kier alpha value is -4.07. The van der Waals surface area contributed by atoms with E-state index in [2.05, 4.69) is 17.0 Å². The maximum atomic E-state index is 15.0. The topological polar surface area (TPSA) is 93.2 Å². The number of nitrogens with zero attached hydrogens (tertiary/aromatic N) is 2. The van der Waals surface area contributed by atoms with E-state index in [9.17, 15) is 9.90 Å². The van der Waals surface area contributed by atoms with Crippen molar-refractivity contribution in [3.05, 3.63) is 119 Å². The zero-order chi connectivity index (χ0) is 26.7. The Balaban J connectivity index is 1.49. The molecule has 0 spiro atoms. The van der Waals surface area contributed by atoms with Gasteiger partial charge in [-0.3, -0.25) is 4.79 Å². The molecule has 3 aromatic carbocycles. The molecule has 1 fully saturated rings. The van der Waals surface area contributed by atoms with Crippen molar-refractivity contribution in [3.63, 3.8) is 0 Å². The maximum absolute atomic E-state index is 15.0. The van der Waals surface area contributed by atoms with Crippen LogP contribution >= 0.6 is 0 Å². The molecule has 4 N–H and O–H groups in total. The van der Waals surface area contributed by atoms with E-state index in [-0.39, 0.29) is 11.4 Å². The van der Waals surface area contributed by atoms with Gasteiger partial charge < -0.3 is 16.2 Å². The van der Waals surface area contributed by atoms with Crippen molar-refractivity contribution < 1.29 is 14.3 Å². The molecule has 0 bridgehead atoms. The first-order valence-corrected chi connectivity index (χ1v) is 12.8. The van der Waals surface area contributed by atoms with Gasteiger partial charge in [0.2, 0.25) is 0 Å². The highest BCUT2D eigenvalue weighted by Gasteiger charge is 2.35. The van der Waals surface area contributed by atoms with Crippen LogP contribution in [0.2, 0.25) is 0 Å². The Morgan fingerprint density at radius 3 is 2.61 bits per heavy atom. The fourth-order valence-corrected chi connectivity index (χ4v) is 4.73. The summed E-state index contributed by atoms with van der Waals surface area (Å²) in [5, 5.41) is 19.1. The number of anilines is 1. The van der Waals surface area contributed by atoms with Crippen molar-refractivity contribution >= 4 is 17.7 Å². The van der Waals surface area contributed by atoms with E-state index >= 15 is 4.39 Å². The van der Waals surface area contributed by atoms with E-state index in [4.69, 9.17) is 5.73 Å². The average Bonchev–Trinajstić information content (AvgIpc) is 3.69. The van der Waals surface area contributed by atoms with Crippen LogP contribution in [0.5, 0.6) is 0 Å². The summed E-state index contributed by atoms with van der Waals surface area (Å²) in [7, 11) is 0. The molecule has 4 aromatic rings. The molecule has 1 aromatic heterocycles. The Morgan fingerprint density at radius 2 is 1.89 bits per heavy atom. The Kier molecular flexibility index (Phi) is 7.22. The van der Waals surface area contributed by atoms with E-state index in [1.54, 1.807) is 18.2 Å². The third-order valence-corrected chi connectivity index (χ3v) is 7.12. The van der Waals surface area contributed by atoms with Gasteiger partial charge in [-0.2, -0.15) is 5.10 Å². The second-order valence-electron chi connectivity index (χ2n) is 9.80. The molecule has 38 heavy (non-hydrogen) atoms. The Morgan fingerprint density at radius 1 is 1.11 bits per heavy atom. The second kappa shape index (κ2) is 10.7. The van der Waals surface area contributed by atoms with Gasteiger partial charge in [-0.25, -0.2) is 9.07 Å². The Labute approximate surface area is 221 Å². The first-order valence-electron chi connectivity index (χ1n) is 12.8. The minimum absolute atomic E-state index is 0.0168. The minimum atomic E-state index is -1.31. The van der Waals surface area contributed by atoms with Gasteiger partial charge in [-0.05, 0) is 71.9 Å². The molecule has 6 nitrogen and oxygen atoms in total. The van der Waals surface area contributed by atoms with Crippen molar-refractivity contribution in [2.45, 2.75) is 37.8 Å². The zero-order valence-corrected chi connectivity index (χ0v) is 21.1. The first-order chi connectivity index (χ1) is 18.4. The number of amides is 1. The summed E-state index contributed by atoms with van der Waals surface area (Å²) >= 11 is 0. The molecule has 1 amide bonds. The quantitative estimate of drug-likeness (QED) is 0.252. The van der Waals surface area contributed by atoms with Crippen molar-refractivity contribution in [1.29, 1.82) is 0 Å². The third kappa shape index (κ3) is 5.30. The van der Waals surface area contributed by atoms with E-state index in [0.717, 1.165) is 17.5 Å². The van der Waals surface area contributed by atoms with Crippen LogP contribution in [0.25, 0.3) is 11.8 Å². The number of hydrogen-bond donors (Lipinski definition) is 3. The fourth-order valence-electron chi connectivity index (χ4n) is 4.73. The number of nitrogens with one attached hydrogen (secondary N) is 1. The van der Waals surface area contributed by atoms with Crippen LogP contribution in [-0.2, 0) is 12.1 Å². The number of hydrogen-bond acceptors (Lipinski definition) is 4. The van der Waals surface area contributed by atoms with E-state index < -0.39 is 17.3 Å².